The van der Waals surface area contributed by atoms with E-state index in [2.05, 4.69) is 5.18 Å². The molecule has 0 saturated heterocycles. The predicted molar refractivity (Wildman–Crippen MR) is 46.5 cm³/mol. The van der Waals surface area contributed by atoms with Crippen LogP contribution in [0.25, 0.3) is 0 Å². The fourth-order valence-corrected chi connectivity index (χ4v) is 0.884. The molecule has 11 heavy (non-hydrogen) atoms. The molecule has 1 aromatic rings. The van der Waals surface area contributed by atoms with E-state index in [9.17, 15) is 10.0 Å². The lowest BCUT2D eigenvalue weighted by atomic mass is 9.92. The molecule has 0 radical (unpaired) electrons. The van der Waals surface area contributed by atoms with Crippen molar-refractivity contribution in [2.24, 2.45) is 5.18 Å². The van der Waals surface area contributed by atoms with Gasteiger partial charge < -0.3 is 5.11 Å². The van der Waals surface area contributed by atoms with Crippen molar-refractivity contribution >= 4 is 19.0 Å². The molecule has 0 unspecified atom stereocenters. The first-order valence-electron chi connectivity index (χ1n) is 3.28. The van der Waals surface area contributed by atoms with Gasteiger partial charge in [0, 0.05) is 0 Å². The molecule has 1 aromatic carbocycles. The van der Waals surface area contributed by atoms with Crippen molar-refractivity contribution in [2.75, 3.05) is 0 Å². The lowest BCUT2D eigenvalue weighted by Crippen LogP contribution is -2.02. The Bertz CT molecular complexity index is 299. The van der Waals surface area contributed by atoms with E-state index in [-0.39, 0.29) is 5.75 Å². The Hall–Kier alpha value is -1.32. The van der Waals surface area contributed by atoms with Crippen LogP contribution in [0.5, 0.6) is 5.75 Å². The van der Waals surface area contributed by atoms with Crippen molar-refractivity contribution in [2.45, 2.75) is 6.92 Å². The van der Waals surface area contributed by atoms with Crippen molar-refractivity contribution in [3.63, 3.8) is 0 Å². The molecule has 0 aliphatic carbocycles. The monoisotopic (exact) mass is 149 g/mol. The Morgan fingerprint density at radius 1 is 1.55 bits per heavy atom. The molecule has 0 aromatic heterocycles. The van der Waals surface area contributed by atoms with Crippen LogP contribution in [0.4, 0.5) is 5.69 Å². The molecule has 0 aliphatic rings. The van der Waals surface area contributed by atoms with E-state index in [0.29, 0.717) is 16.7 Å². The van der Waals surface area contributed by atoms with Crippen molar-refractivity contribution in [3.8, 4) is 5.75 Å². The second-order valence-corrected chi connectivity index (χ2v) is 2.52. The number of rotatable bonds is 1. The van der Waals surface area contributed by atoms with Crippen LogP contribution in [0.1, 0.15) is 5.56 Å². The van der Waals surface area contributed by atoms with Gasteiger partial charge in [-0.15, -0.1) is 4.91 Å². The van der Waals surface area contributed by atoms with Crippen LogP contribution in [0.3, 0.4) is 0 Å². The quantitative estimate of drug-likeness (QED) is 0.462. The maximum absolute atomic E-state index is 10.2. The number of nitrogens with zero attached hydrogens (tertiary/aromatic N) is 1. The van der Waals surface area contributed by atoms with Crippen molar-refractivity contribution in [1.82, 2.24) is 0 Å². The summed E-state index contributed by atoms with van der Waals surface area (Å²) in [5.41, 5.74) is 1.76. The molecule has 0 atom stereocenters. The van der Waals surface area contributed by atoms with Gasteiger partial charge in [0.1, 0.15) is 19.3 Å². The van der Waals surface area contributed by atoms with Crippen LogP contribution in [-0.2, 0) is 0 Å². The summed E-state index contributed by atoms with van der Waals surface area (Å²) in [5.74, 6) is 0.204. The number of phenols is 1. The van der Waals surface area contributed by atoms with E-state index >= 15 is 0 Å². The number of hydrogen-bond acceptors (Lipinski definition) is 3. The van der Waals surface area contributed by atoms with Gasteiger partial charge in [-0.25, -0.2) is 0 Å². The molecule has 3 nitrogen and oxygen atoms in total. The summed E-state index contributed by atoms with van der Waals surface area (Å²) < 4.78 is 0. The highest BCUT2D eigenvalue weighted by molar-refractivity contribution is 6.35. The molecule has 0 bridgehead atoms. The third-order valence-electron chi connectivity index (χ3n) is 1.61. The molecule has 1 rings (SSSR count). The minimum Gasteiger partial charge on any atom is -0.508 e. The first kappa shape index (κ1) is 7.79. The average Bonchev–Trinajstić information content (AvgIpc) is 1.97. The van der Waals surface area contributed by atoms with Gasteiger partial charge in [-0.1, -0.05) is 5.46 Å². The zero-order chi connectivity index (χ0) is 8.43. The maximum atomic E-state index is 10.2. The molecular weight excluding hydrogens is 141 g/mol. The Balaban J connectivity index is 3.31. The third-order valence-corrected chi connectivity index (χ3v) is 1.61. The van der Waals surface area contributed by atoms with Gasteiger partial charge in [0.05, 0.1) is 0 Å². The summed E-state index contributed by atoms with van der Waals surface area (Å²) in [4.78, 5) is 10.2. The van der Waals surface area contributed by atoms with E-state index in [1.807, 2.05) is 0 Å². The largest absolute Gasteiger partial charge is 0.508 e. The highest BCUT2D eigenvalue weighted by Gasteiger charge is 2.01. The Labute approximate surface area is 65.4 Å². The summed E-state index contributed by atoms with van der Waals surface area (Å²) in [7, 11) is 1.73. The van der Waals surface area contributed by atoms with Crippen LogP contribution < -0.4 is 5.46 Å². The summed E-state index contributed by atoms with van der Waals surface area (Å²) in [6, 6.07) is 3.10. The number of aryl methyl sites for hydroxylation is 1. The molecule has 0 fully saturated rings. The molecule has 0 aliphatic heterocycles. The summed E-state index contributed by atoms with van der Waals surface area (Å²) in [6.07, 6.45) is 0. The van der Waals surface area contributed by atoms with E-state index in [4.69, 9.17) is 0 Å². The number of benzene rings is 1. The molecule has 1 N–H and O–H groups in total. The minimum atomic E-state index is 0.204. The number of hydrogen-bond donors (Lipinski definition) is 1. The van der Waals surface area contributed by atoms with E-state index in [1.165, 1.54) is 6.07 Å². The Kier molecular flexibility index (Phi) is 1.94. The fourth-order valence-electron chi connectivity index (χ4n) is 0.884. The molecular formula is C7H8BNO2. The van der Waals surface area contributed by atoms with E-state index < -0.39 is 0 Å². The predicted octanol–water partition coefficient (Wildman–Crippen LogP) is 0.357. The van der Waals surface area contributed by atoms with Crippen LogP contribution in [0.15, 0.2) is 17.3 Å². The van der Waals surface area contributed by atoms with Crippen LogP contribution in [0, 0.1) is 11.8 Å². The van der Waals surface area contributed by atoms with Crippen LogP contribution >= 0.6 is 0 Å². The average molecular weight is 149 g/mol. The topological polar surface area (TPSA) is 49.7 Å². The first-order chi connectivity index (χ1) is 5.15. The van der Waals surface area contributed by atoms with Crippen molar-refractivity contribution in [3.05, 3.63) is 22.6 Å². The number of nitroso groups, excluding NO2 is 1. The SMILES string of the molecule is Bc1cc(O)c(C)cc1N=O. The second kappa shape index (κ2) is 2.74. The standard InChI is InChI=1S/C7H8BNO2/c1-4-2-6(9-11)5(8)3-7(4)10/h2-3,10H,8H2,1H3. The Morgan fingerprint density at radius 3 is 2.73 bits per heavy atom. The van der Waals surface area contributed by atoms with E-state index in [1.54, 1.807) is 20.8 Å². The zero-order valence-electron chi connectivity index (χ0n) is 6.46. The molecule has 0 heterocycles. The number of phenolic OH excluding ortho intramolecular Hbond substituents is 1. The third kappa shape index (κ3) is 1.39. The highest BCUT2D eigenvalue weighted by Crippen LogP contribution is 2.19. The van der Waals surface area contributed by atoms with Gasteiger partial charge in [-0.3, -0.25) is 0 Å². The lowest BCUT2D eigenvalue weighted by molar-refractivity contribution is 0.471. The highest BCUT2D eigenvalue weighted by atomic mass is 16.3. The molecule has 56 valence electrons. The molecule has 0 saturated carbocycles. The van der Waals surface area contributed by atoms with Gasteiger partial charge in [0.25, 0.3) is 0 Å². The first-order valence-corrected chi connectivity index (χ1v) is 3.28. The minimum absolute atomic E-state index is 0.204. The fraction of sp³-hybridized carbons (Fsp3) is 0.143. The summed E-state index contributed by atoms with van der Waals surface area (Å²) in [5, 5.41) is 12.0. The van der Waals surface area contributed by atoms with Gasteiger partial charge >= 0.3 is 0 Å². The smallest absolute Gasteiger partial charge is 0.142 e. The Morgan fingerprint density at radius 2 is 2.18 bits per heavy atom. The molecule has 4 heteroatoms. The normalized spacial score (nSPS) is 9.55. The summed E-state index contributed by atoms with van der Waals surface area (Å²) in [6.45, 7) is 1.73. The maximum Gasteiger partial charge on any atom is 0.142 e. The van der Waals surface area contributed by atoms with Crippen molar-refractivity contribution in [1.29, 1.82) is 0 Å². The molecule has 0 spiro atoms. The van der Waals surface area contributed by atoms with Crippen LogP contribution in [-0.4, -0.2) is 13.0 Å². The van der Waals surface area contributed by atoms with Gasteiger partial charge in [0.15, 0.2) is 0 Å². The lowest BCUT2D eigenvalue weighted by Gasteiger charge is -2.01. The second-order valence-electron chi connectivity index (χ2n) is 2.52. The molecule has 0 amide bonds. The van der Waals surface area contributed by atoms with Gasteiger partial charge in [-0.05, 0) is 29.8 Å². The van der Waals surface area contributed by atoms with E-state index in [0.717, 1.165) is 0 Å². The van der Waals surface area contributed by atoms with Crippen molar-refractivity contribution < 1.29 is 5.11 Å². The van der Waals surface area contributed by atoms with Gasteiger partial charge in [-0.2, -0.15) is 0 Å². The number of aromatic hydroxyl groups is 1. The summed E-state index contributed by atoms with van der Waals surface area (Å²) >= 11 is 0. The van der Waals surface area contributed by atoms with Crippen LogP contribution in [0.2, 0.25) is 0 Å². The van der Waals surface area contributed by atoms with Gasteiger partial charge in [0.2, 0.25) is 0 Å². The zero-order valence-corrected chi connectivity index (χ0v) is 6.46.